The van der Waals surface area contributed by atoms with Gasteiger partial charge in [0.1, 0.15) is 5.82 Å². The SMILES string of the molecule is Cc1ccc(-n2nc3c(c2NC(=O)c2cc(C)cc(C)c2)C[S@@](=O)C3)cc1. The zero-order valence-corrected chi connectivity index (χ0v) is 16.4. The zero-order valence-electron chi connectivity index (χ0n) is 15.6. The van der Waals surface area contributed by atoms with Gasteiger partial charge in [-0.25, -0.2) is 4.68 Å². The molecule has 1 aliphatic rings. The Hall–Kier alpha value is -2.73. The lowest BCUT2D eigenvalue weighted by Gasteiger charge is -2.12. The Balaban J connectivity index is 1.76. The van der Waals surface area contributed by atoms with Crippen LogP contribution in [0.15, 0.2) is 42.5 Å². The van der Waals surface area contributed by atoms with Crippen LogP contribution in [-0.4, -0.2) is 19.9 Å². The van der Waals surface area contributed by atoms with Crippen molar-refractivity contribution in [2.24, 2.45) is 0 Å². The van der Waals surface area contributed by atoms with Crippen LogP contribution in [0.2, 0.25) is 0 Å². The Labute approximate surface area is 160 Å². The highest BCUT2D eigenvalue weighted by Gasteiger charge is 2.28. The van der Waals surface area contributed by atoms with Gasteiger partial charge in [0.2, 0.25) is 0 Å². The van der Waals surface area contributed by atoms with Crippen LogP contribution in [0.25, 0.3) is 5.69 Å². The van der Waals surface area contributed by atoms with Crippen molar-refractivity contribution < 1.29 is 9.00 Å². The van der Waals surface area contributed by atoms with Gasteiger partial charge in [-0.2, -0.15) is 5.10 Å². The summed E-state index contributed by atoms with van der Waals surface area (Å²) in [5.41, 5.74) is 6.38. The highest BCUT2D eigenvalue weighted by atomic mass is 32.2. The molecule has 2 aromatic carbocycles. The third-order valence-corrected chi connectivity index (χ3v) is 5.87. The van der Waals surface area contributed by atoms with Crippen LogP contribution in [0, 0.1) is 20.8 Å². The zero-order chi connectivity index (χ0) is 19.1. The highest BCUT2D eigenvalue weighted by molar-refractivity contribution is 7.83. The number of hydrogen-bond acceptors (Lipinski definition) is 3. The van der Waals surface area contributed by atoms with Crippen molar-refractivity contribution in [3.63, 3.8) is 0 Å². The number of rotatable bonds is 3. The fourth-order valence-corrected chi connectivity index (χ4v) is 4.68. The number of carbonyl (C=O) groups excluding carboxylic acids is 1. The van der Waals surface area contributed by atoms with Crippen molar-refractivity contribution >= 4 is 22.5 Å². The lowest BCUT2D eigenvalue weighted by atomic mass is 10.1. The minimum absolute atomic E-state index is 0.185. The van der Waals surface area contributed by atoms with E-state index in [0.29, 0.717) is 22.9 Å². The Morgan fingerprint density at radius 1 is 1.00 bits per heavy atom. The highest BCUT2D eigenvalue weighted by Crippen LogP contribution is 2.31. The number of hydrogen-bond donors (Lipinski definition) is 1. The molecule has 1 N–H and O–H groups in total. The van der Waals surface area contributed by atoms with E-state index in [2.05, 4.69) is 10.4 Å². The predicted molar refractivity (Wildman–Crippen MR) is 108 cm³/mol. The topological polar surface area (TPSA) is 64.0 Å². The smallest absolute Gasteiger partial charge is 0.256 e. The molecule has 1 amide bonds. The Morgan fingerprint density at radius 2 is 1.67 bits per heavy atom. The van der Waals surface area contributed by atoms with Crippen LogP contribution >= 0.6 is 0 Å². The summed E-state index contributed by atoms with van der Waals surface area (Å²) in [6, 6.07) is 13.7. The lowest BCUT2D eigenvalue weighted by Crippen LogP contribution is -2.17. The van der Waals surface area contributed by atoms with Gasteiger partial charge in [0.05, 0.1) is 22.9 Å². The predicted octanol–water partition coefficient (Wildman–Crippen LogP) is 3.81. The van der Waals surface area contributed by atoms with Gasteiger partial charge in [0.25, 0.3) is 5.91 Å². The Bertz CT molecular complexity index is 1050. The van der Waals surface area contributed by atoms with Gasteiger partial charge in [-0.05, 0) is 45.0 Å². The molecule has 1 aliphatic heterocycles. The molecule has 4 rings (SSSR count). The van der Waals surface area contributed by atoms with Crippen molar-refractivity contribution in [1.82, 2.24) is 9.78 Å². The fraction of sp³-hybridized carbons (Fsp3) is 0.238. The average Bonchev–Trinajstić information content (AvgIpc) is 3.12. The van der Waals surface area contributed by atoms with Crippen LogP contribution < -0.4 is 5.32 Å². The first-order valence-corrected chi connectivity index (χ1v) is 10.3. The first-order chi connectivity index (χ1) is 12.9. The van der Waals surface area contributed by atoms with Crippen molar-refractivity contribution in [1.29, 1.82) is 0 Å². The molecule has 0 fully saturated rings. The van der Waals surface area contributed by atoms with E-state index in [9.17, 15) is 9.00 Å². The molecule has 0 spiro atoms. The molecule has 27 heavy (non-hydrogen) atoms. The number of aromatic nitrogens is 2. The van der Waals surface area contributed by atoms with Crippen molar-refractivity contribution in [2.75, 3.05) is 5.32 Å². The van der Waals surface area contributed by atoms with E-state index >= 15 is 0 Å². The average molecular weight is 379 g/mol. The monoisotopic (exact) mass is 379 g/mol. The van der Waals surface area contributed by atoms with Crippen molar-refractivity contribution in [3.05, 3.63) is 76.0 Å². The molecule has 138 valence electrons. The molecule has 0 bridgehead atoms. The van der Waals surface area contributed by atoms with E-state index in [4.69, 9.17) is 0 Å². The standard InChI is InChI=1S/C21H21N3O2S/c1-13-4-6-17(7-5-13)24-20(18-11-27(26)12-19(18)23-24)22-21(25)16-9-14(2)8-15(3)10-16/h4-10H,11-12H2,1-3H3,(H,22,25)/t27-/m1/s1. The van der Waals surface area contributed by atoms with Crippen molar-refractivity contribution in [3.8, 4) is 5.69 Å². The second-order valence-electron chi connectivity index (χ2n) is 7.08. The molecular weight excluding hydrogens is 358 g/mol. The molecule has 1 atom stereocenters. The van der Waals surface area contributed by atoms with Crippen LogP contribution in [0.1, 0.15) is 38.3 Å². The molecule has 6 heteroatoms. The summed E-state index contributed by atoms with van der Waals surface area (Å²) >= 11 is 0. The van der Waals surface area contributed by atoms with E-state index in [-0.39, 0.29) is 5.91 Å². The molecule has 2 heterocycles. The molecule has 0 aliphatic carbocycles. The van der Waals surface area contributed by atoms with E-state index in [1.807, 2.05) is 63.2 Å². The maximum absolute atomic E-state index is 12.9. The first-order valence-electron chi connectivity index (χ1n) is 8.83. The lowest BCUT2D eigenvalue weighted by molar-refractivity contribution is 0.102. The van der Waals surface area contributed by atoms with Crippen LogP contribution in [-0.2, 0) is 22.3 Å². The number of aryl methyl sites for hydroxylation is 3. The normalized spacial score (nSPS) is 15.6. The number of nitrogens with one attached hydrogen (secondary N) is 1. The van der Waals surface area contributed by atoms with Crippen LogP contribution in [0.3, 0.4) is 0 Å². The van der Waals surface area contributed by atoms with Gasteiger partial charge in [-0.3, -0.25) is 9.00 Å². The summed E-state index contributed by atoms with van der Waals surface area (Å²) < 4.78 is 13.8. The largest absolute Gasteiger partial charge is 0.306 e. The van der Waals surface area contributed by atoms with Gasteiger partial charge in [0, 0.05) is 21.9 Å². The van der Waals surface area contributed by atoms with E-state index < -0.39 is 10.8 Å². The van der Waals surface area contributed by atoms with Gasteiger partial charge >= 0.3 is 0 Å². The molecular formula is C21H21N3O2S. The summed E-state index contributed by atoms with van der Waals surface area (Å²) in [6.45, 7) is 5.97. The van der Waals surface area contributed by atoms with Gasteiger partial charge in [-0.15, -0.1) is 0 Å². The number of benzene rings is 2. The number of amides is 1. The first kappa shape index (κ1) is 17.7. The maximum atomic E-state index is 12.9. The molecule has 5 nitrogen and oxygen atoms in total. The third kappa shape index (κ3) is 3.45. The minimum atomic E-state index is -0.961. The number of fused-ring (bicyclic) bond motifs is 1. The summed E-state index contributed by atoms with van der Waals surface area (Å²) in [4.78, 5) is 12.9. The minimum Gasteiger partial charge on any atom is -0.306 e. The maximum Gasteiger partial charge on any atom is 0.256 e. The summed E-state index contributed by atoms with van der Waals surface area (Å²) in [5, 5.41) is 7.65. The van der Waals surface area contributed by atoms with E-state index in [1.54, 1.807) is 4.68 Å². The van der Waals surface area contributed by atoms with Crippen LogP contribution in [0.4, 0.5) is 5.82 Å². The third-order valence-electron chi connectivity index (χ3n) is 4.66. The van der Waals surface area contributed by atoms with Crippen molar-refractivity contribution in [2.45, 2.75) is 32.3 Å². The van der Waals surface area contributed by atoms with E-state index in [1.165, 1.54) is 0 Å². The second-order valence-corrected chi connectivity index (χ2v) is 8.54. The molecule has 1 aromatic heterocycles. The van der Waals surface area contributed by atoms with Gasteiger partial charge in [-0.1, -0.05) is 34.9 Å². The molecule has 0 unspecified atom stereocenters. The molecule has 3 aromatic rings. The summed E-state index contributed by atoms with van der Waals surface area (Å²) in [6.07, 6.45) is 0. The van der Waals surface area contributed by atoms with Gasteiger partial charge in [0.15, 0.2) is 0 Å². The number of carbonyl (C=O) groups is 1. The van der Waals surface area contributed by atoms with E-state index in [0.717, 1.165) is 33.6 Å². The van der Waals surface area contributed by atoms with Crippen LogP contribution in [0.5, 0.6) is 0 Å². The molecule has 0 saturated carbocycles. The summed E-state index contributed by atoms with van der Waals surface area (Å²) in [5.74, 6) is 1.28. The fourth-order valence-electron chi connectivity index (χ4n) is 3.41. The van der Waals surface area contributed by atoms with Gasteiger partial charge < -0.3 is 5.32 Å². The molecule has 0 radical (unpaired) electrons. The summed E-state index contributed by atoms with van der Waals surface area (Å²) in [7, 11) is -0.961. The quantitative estimate of drug-likeness (QED) is 0.753. The number of nitrogens with zero attached hydrogens (tertiary/aromatic N) is 2. The Morgan fingerprint density at radius 3 is 2.33 bits per heavy atom. The Kier molecular flexibility index (Phi) is 4.44. The number of anilines is 1. The second kappa shape index (κ2) is 6.78. The molecule has 0 saturated heterocycles.